The molecule has 0 saturated heterocycles. The highest BCUT2D eigenvalue weighted by Crippen LogP contribution is 2.70. The first kappa shape index (κ1) is 37.2. The van der Waals surface area contributed by atoms with Gasteiger partial charge in [-0.05, 0) is 103 Å². The zero-order valence-electron chi connectivity index (χ0n) is 30.7. The van der Waals surface area contributed by atoms with Crippen LogP contribution in [0.1, 0.15) is 39.5 Å². The molecule has 4 aliphatic carbocycles. The summed E-state index contributed by atoms with van der Waals surface area (Å²) in [5, 5.41) is 13.4. The van der Waals surface area contributed by atoms with E-state index in [1.807, 2.05) is 25.2 Å². The number of fused-ring (bicyclic) bond motifs is 5. The van der Waals surface area contributed by atoms with Gasteiger partial charge in [0.15, 0.2) is 30.6 Å². The first-order valence-electron chi connectivity index (χ1n) is 16.5. The summed E-state index contributed by atoms with van der Waals surface area (Å²) >= 11 is 0. The Morgan fingerprint density at radius 2 is 1.54 bits per heavy atom. The fourth-order valence-corrected chi connectivity index (χ4v) is 11.9. The Morgan fingerprint density at radius 3 is 2.09 bits per heavy atom. The minimum atomic E-state index is -2.32. The van der Waals surface area contributed by atoms with Crippen LogP contribution in [0.4, 0.5) is 4.39 Å². The van der Waals surface area contributed by atoms with E-state index in [4.69, 9.17) is 32.9 Å². The molecule has 0 radical (unpaired) electrons. The van der Waals surface area contributed by atoms with E-state index < -0.39 is 47.1 Å². The molecule has 0 bridgehead atoms. The zero-order chi connectivity index (χ0) is 34.6. The van der Waals surface area contributed by atoms with Gasteiger partial charge in [0.05, 0.1) is 18.4 Å². The lowest BCUT2D eigenvalue weighted by atomic mass is 9.45. The van der Waals surface area contributed by atoms with E-state index in [0.29, 0.717) is 36.4 Å². The summed E-state index contributed by atoms with van der Waals surface area (Å²) < 4.78 is 39.9. The highest BCUT2D eigenvalue weighted by molar-refractivity contribution is 6.71. The molecule has 46 heavy (non-hydrogen) atoms. The maximum atomic E-state index is 18.7. The van der Waals surface area contributed by atoms with Crippen LogP contribution < -0.4 is 0 Å². The van der Waals surface area contributed by atoms with Crippen molar-refractivity contribution in [3.05, 3.63) is 23.8 Å². The number of halogens is 1. The highest BCUT2D eigenvalue weighted by atomic mass is 28.4. The van der Waals surface area contributed by atoms with Gasteiger partial charge in [-0.2, -0.15) is 0 Å². The molecule has 0 spiro atoms. The molecule has 3 saturated carbocycles. The first-order valence-corrected chi connectivity index (χ1v) is 26.8. The molecule has 0 N–H and O–H groups in total. The smallest absolute Gasteiger partial charge is 0.185 e. The van der Waals surface area contributed by atoms with Crippen LogP contribution in [0.3, 0.4) is 0 Å². The Hall–Kier alpha value is -1.65. The van der Waals surface area contributed by atoms with Gasteiger partial charge in [0.1, 0.15) is 38.4 Å². The first-order chi connectivity index (χ1) is 21.1. The van der Waals surface area contributed by atoms with Crippen molar-refractivity contribution in [1.29, 1.82) is 0 Å². The van der Waals surface area contributed by atoms with Crippen LogP contribution in [0.2, 0.25) is 58.9 Å². The average molecular weight is 696 g/mol. The molecule has 4 rings (SSSR count). The Kier molecular flexibility index (Phi) is 10.2. The molecule has 0 aromatic rings. The van der Waals surface area contributed by atoms with Crippen molar-refractivity contribution >= 4 is 42.1 Å². The Balaban J connectivity index is 2.01. The van der Waals surface area contributed by atoms with Gasteiger partial charge in [0.25, 0.3) is 0 Å². The molecule has 3 fully saturated rings. The molecule has 0 aromatic heterocycles. The average Bonchev–Trinajstić information content (AvgIpc) is 3.13. The Bertz CT molecular complexity index is 1320. The quantitative estimate of drug-likeness (QED) is 0.125. The predicted molar refractivity (Wildman–Crippen MR) is 191 cm³/mol. The van der Waals surface area contributed by atoms with Crippen molar-refractivity contribution in [3.63, 3.8) is 0 Å². The summed E-state index contributed by atoms with van der Waals surface area (Å²) in [5.74, 6) is -0.491. The minimum absolute atomic E-state index is 0.110. The van der Waals surface area contributed by atoms with Crippen molar-refractivity contribution in [3.8, 4) is 0 Å². The molecule has 13 heteroatoms. The van der Waals surface area contributed by atoms with Crippen LogP contribution in [0.15, 0.2) is 39.3 Å². The van der Waals surface area contributed by atoms with Crippen LogP contribution in [-0.2, 0) is 27.8 Å². The summed E-state index contributed by atoms with van der Waals surface area (Å²) in [4.78, 5) is 16.1. The third kappa shape index (κ3) is 6.40. The predicted octanol–water partition coefficient (Wildman–Crippen LogP) is 7.71. The maximum absolute atomic E-state index is 18.7. The van der Waals surface area contributed by atoms with Crippen LogP contribution in [0.5, 0.6) is 0 Å². The summed E-state index contributed by atoms with van der Waals surface area (Å²) in [5.41, 5.74) is -1.71. The third-order valence-corrected chi connectivity index (χ3v) is 13.2. The number of hydrogen-bond acceptors (Lipinski definition) is 9. The molecule has 7 atom stereocenters. The topological polar surface area (TPSA) is 92.5 Å². The summed E-state index contributed by atoms with van der Waals surface area (Å²) in [6.45, 7) is 24.1. The van der Waals surface area contributed by atoms with Gasteiger partial charge in [-0.3, -0.25) is 0 Å². The van der Waals surface area contributed by atoms with E-state index in [-0.39, 0.29) is 24.5 Å². The lowest BCUT2D eigenvalue weighted by Gasteiger charge is -2.62. The van der Waals surface area contributed by atoms with Gasteiger partial charge in [-0.1, -0.05) is 34.0 Å². The molecule has 0 aromatic carbocycles. The SMILES string of the molecule is CON=C1C=CC2(C)C(=C1)CCC1C3C[C@@H](O[Si](C)(C)C)[C@](O[Si](C)(C)C)(C(CO[Si](C)(C)C)=NOC)C3(C)CC(=NOC)[C@@]12F. The standard InChI is InChI=1S/C33H58FN3O6Si3/c1-30-18-17-24(35-38-3)19-23(30)15-16-25-26-20-29(42-45(9,10)11)33(43-46(12,13)14,28(37-40-5)22-41-44(6,7)8)31(26,2)21-27(36-39-4)32(25,30)34/h17-19,25-26,29H,15-16,20-22H2,1-14H3/t25?,26?,29-,30?,31?,32+,33-/m1/s1. The van der Waals surface area contributed by atoms with Crippen LogP contribution in [-0.4, -0.2) is 87.4 Å². The summed E-state index contributed by atoms with van der Waals surface area (Å²) in [7, 11) is -1.87. The highest BCUT2D eigenvalue weighted by Gasteiger charge is 2.77. The lowest BCUT2D eigenvalue weighted by molar-refractivity contribution is -0.0968. The number of rotatable bonds is 11. The molecule has 4 unspecified atom stereocenters. The normalized spacial score (nSPS) is 38.3. The second-order valence-corrected chi connectivity index (χ2v) is 30.1. The largest absolute Gasteiger partial charge is 0.412 e. The van der Waals surface area contributed by atoms with Gasteiger partial charge in [0.2, 0.25) is 0 Å². The number of nitrogens with zero attached hydrogens (tertiary/aromatic N) is 3. The maximum Gasteiger partial charge on any atom is 0.185 e. The van der Waals surface area contributed by atoms with Crippen LogP contribution in [0.25, 0.3) is 0 Å². The van der Waals surface area contributed by atoms with E-state index in [1.54, 1.807) is 7.11 Å². The lowest BCUT2D eigenvalue weighted by Crippen LogP contribution is -2.70. The van der Waals surface area contributed by atoms with Crippen molar-refractivity contribution in [2.45, 2.75) is 116 Å². The number of alkyl halides is 1. The monoisotopic (exact) mass is 695 g/mol. The second-order valence-electron chi connectivity index (χ2n) is 16.7. The van der Waals surface area contributed by atoms with Crippen molar-refractivity contribution in [2.75, 3.05) is 27.9 Å². The van der Waals surface area contributed by atoms with Gasteiger partial charge < -0.3 is 27.8 Å². The second kappa shape index (κ2) is 12.7. The fraction of sp³-hybridized carbons (Fsp3) is 0.788. The summed E-state index contributed by atoms with van der Waals surface area (Å²) in [6, 6.07) is 0. The molecule has 9 nitrogen and oxygen atoms in total. The van der Waals surface area contributed by atoms with Crippen molar-refractivity contribution in [1.82, 2.24) is 0 Å². The third-order valence-electron chi connectivity index (χ3n) is 10.2. The molecular formula is C33H58FN3O6Si3. The summed E-state index contributed by atoms with van der Waals surface area (Å²) in [6.07, 6.45) is 7.71. The van der Waals surface area contributed by atoms with Crippen LogP contribution in [0, 0.1) is 22.7 Å². The number of hydrogen-bond donors (Lipinski definition) is 0. The van der Waals surface area contributed by atoms with Gasteiger partial charge >= 0.3 is 0 Å². The van der Waals surface area contributed by atoms with E-state index in [1.165, 1.54) is 14.2 Å². The molecular weight excluding hydrogens is 638 g/mol. The zero-order valence-corrected chi connectivity index (χ0v) is 33.7. The van der Waals surface area contributed by atoms with Crippen molar-refractivity contribution in [2.24, 2.45) is 38.1 Å². The Labute approximate surface area is 279 Å². The molecule has 0 amide bonds. The van der Waals surface area contributed by atoms with E-state index in [2.05, 4.69) is 76.2 Å². The minimum Gasteiger partial charge on any atom is -0.412 e. The van der Waals surface area contributed by atoms with Gasteiger partial charge in [-0.25, -0.2) is 4.39 Å². The van der Waals surface area contributed by atoms with Gasteiger partial charge in [0, 0.05) is 23.2 Å². The van der Waals surface area contributed by atoms with E-state index in [9.17, 15) is 0 Å². The van der Waals surface area contributed by atoms with E-state index >= 15 is 4.39 Å². The fourth-order valence-electron chi connectivity index (χ4n) is 8.72. The molecule has 0 aliphatic heterocycles. The Morgan fingerprint density at radius 1 is 0.891 bits per heavy atom. The van der Waals surface area contributed by atoms with E-state index in [0.717, 1.165) is 12.0 Å². The van der Waals surface area contributed by atoms with Gasteiger partial charge in [-0.15, -0.1) is 0 Å². The molecule has 0 heterocycles. The molecule has 4 aliphatic rings. The number of oxime groups is 3. The van der Waals surface area contributed by atoms with Crippen LogP contribution >= 0.6 is 0 Å². The van der Waals surface area contributed by atoms with Crippen molar-refractivity contribution < 1.29 is 32.2 Å². The molecule has 260 valence electrons. The number of allylic oxidation sites excluding steroid dienone is 4.